The van der Waals surface area contributed by atoms with E-state index in [0.717, 1.165) is 12.0 Å². The van der Waals surface area contributed by atoms with Crippen LogP contribution in [0.3, 0.4) is 0 Å². The molecule has 0 bridgehead atoms. The number of rotatable bonds is 1. The van der Waals surface area contributed by atoms with E-state index in [9.17, 15) is 0 Å². The number of hydrogen-bond acceptors (Lipinski definition) is 1. The molecule has 1 heterocycles. The maximum absolute atomic E-state index is 2.55. The van der Waals surface area contributed by atoms with Gasteiger partial charge < -0.3 is 4.90 Å². The predicted molar refractivity (Wildman–Crippen MR) is 50.9 cm³/mol. The van der Waals surface area contributed by atoms with Crippen molar-refractivity contribution in [3.8, 4) is 0 Å². The topological polar surface area (TPSA) is 3.24 Å². The molecule has 0 N–H and O–H groups in total. The third-order valence-corrected chi connectivity index (χ3v) is 2.19. The molecule has 62 valence electrons. The van der Waals surface area contributed by atoms with Crippen LogP contribution >= 0.6 is 13.5 Å². The average Bonchev–Trinajstić information content (AvgIpc) is 2.14. The first-order valence-electron chi connectivity index (χ1n) is 3.94. The van der Waals surface area contributed by atoms with Crippen LogP contribution in [0.15, 0.2) is 0 Å². The summed E-state index contributed by atoms with van der Waals surface area (Å²) in [4.78, 5) is 2.55. The number of hydrogen-bond donors (Lipinski definition) is 0. The maximum atomic E-state index is 2.55. The van der Waals surface area contributed by atoms with Gasteiger partial charge >= 0.3 is 0 Å². The number of likely N-dealkylation sites (tertiary alicyclic amines) is 1. The molecular formula is C8H19NS. The van der Waals surface area contributed by atoms with Crippen LogP contribution in [0.2, 0.25) is 0 Å². The molecule has 10 heavy (non-hydrogen) atoms. The molecule has 1 aliphatic heterocycles. The van der Waals surface area contributed by atoms with Crippen LogP contribution in [0.4, 0.5) is 0 Å². The molecule has 1 rings (SSSR count). The molecule has 0 radical (unpaired) electrons. The Morgan fingerprint density at radius 1 is 1.40 bits per heavy atom. The van der Waals surface area contributed by atoms with E-state index in [1.807, 2.05) is 0 Å². The summed E-state index contributed by atoms with van der Waals surface area (Å²) < 4.78 is 0. The summed E-state index contributed by atoms with van der Waals surface area (Å²) in [7, 11) is 0. The summed E-state index contributed by atoms with van der Waals surface area (Å²) in [5.74, 6) is 0.937. The summed E-state index contributed by atoms with van der Waals surface area (Å²) in [6.45, 7) is 9.52. The van der Waals surface area contributed by atoms with Gasteiger partial charge in [-0.2, -0.15) is 13.5 Å². The molecule has 0 aromatic heterocycles. The Kier molecular flexibility index (Phi) is 4.37. The van der Waals surface area contributed by atoms with Gasteiger partial charge in [-0.15, -0.1) is 0 Å². The third kappa shape index (κ3) is 2.51. The zero-order chi connectivity index (χ0) is 6.85. The van der Waals surface area contributed by atoms with Gasteiger partial charge in [0, 0.05) is 12.6 Å². The van der Waals surface area contributed by atoms with Crippen molar-refractivity contribution in [2.45, 2.75) is 33.2 Å². The second kappa shape index (κ2) is 4.24. The van der Waals surface area contributed by atoms with Crippen LogP contribution in [-0.2, 0) is 0 Å². The van der Waals surface area contributed by atoms with Gasteiger partial charge in [-0.25, -0.2) is 0 Å². The van der Waals surface area contributed by atoms with Crippen LogP contribution in [0.25, 0.3) is 0 Å². The van der Waals surface area contributed by atoms with E-state index < -0.39 is 0 Å². The van der Waals surface area contributed by atoms with Crippen molar-refractivity contribution in [3.63, 3.8) is 0 Å². The van der Waals surface area contributed by atoms with E-state index in [1.165, 1.54) is 19.5 Å². The summed E-state index contributed by atoms with van der Waals surface area (Å²) in [5.41, 5.74) is 0. The van der Waals surface area contributed by atoms with Gasteiger partial charge in [-0.1, -0.05) is 6.92 Å². The van der Waals surface area contributed by atoms with Crippen molar-refractivity contribution in [1.29, 1.82) is 0 Å². The van der Waals surface area contributed by atoms with Crippen LogP contribution in [0.1, 0.15) is 27.2 Å². The Hall–Kier alpha value is 0.310. The molecule has 0 aromatic carbocycles. The Morgan fingerprint density at radius 2 is 2.00 bits per heavy atom. The van der Waals surface area contributed by atoms with Crippen molar-refractivity contribution < 1.29 is 0 Å². The largest absolute Gasteiger partial charge is 0.301 e. The van der Waals surface area contributed by atoms with Gasteiger partial charge in [0.05, 0.1) is 0 Å². The number of nitrogens with zero attached hydrogens (tertiary/aromatic N) is 1. The molecule has 1 saturated heterocycles. The van der Waals surface area contributed by atoms with Gasteiger partial charge in [0.15, 0.2) is 0 Å². The van der Waals surface area contributed by atoms with Crippen molar-refractivity contribution in [3.05, 3.63) is 0 Å². The van der Waals surface area contributed by atoms with Crippen molar-refractivity contribution in [1.82, 2.24) is 4.90 Å². The molecule has 0 aliphatic carbocycles. The van der Waals surface area contributed by atoms with Gasteiger partial charge in [-0.3, -0.25) is 0 Å². The maximum Gasteiger partial charge on any atom is 0.00387 e. The quantitative estimate of drug-likeness (QED) is 0.567. The fourth-order valence-corrected chi connectivity index (χ4v) is 1.44. The monoisotopic (exact) mass is 161 g/mol. The summed E-state index contributed by atoms with van der Waals surface area (Å²) >= 11 is 0. The van der Waals surface area contributed by atoms with Gasteiger partial charge in [0.2, 0.25) is 0 Å². The molecule has 0 amide bonds. The average molecular weight is 161 g/mol. The minimum atomic E-state index is 0. The molecule has 1 fully saturated rings. The van der Waals surface area contributed by atoms with Crippen LogP contribution in [-0.4, -0.2) is 24.0 Å². The first kappa shape index (κ1) is 10.3. The molecule has 1 aliphatic rings. The molecule has 0 saturated carbocycles. The van der Waals surface area contributed by atoms with Gasteiger partial charge in [-0.05, 0) is 32.7 Å². The molecular weight excluding hydrogens is 142 g/mol. The highest BCUT2D eigenvalue weighted by Gasteiger charge is 2.19. The Morgan fingerprint density at radius 3 is 2.20 bits per heavy atom. The molecule has 2 heteroatoms. The Balaban J connectivity index is 0.000000810. The predicted octanol–water partition coefficient (Wildman–Crippen LogP) is 1.85. The summed E-state index contributed by atoms with van der Waals surface area (Å²) in [6.07, 6.45) is 1.40. The summed E-state index contributed by atoms with van der Waals surface area (Å²) in [5, 5.41) is 0. The molecule has 1 nitrogen and oxygen atoms in total. The lowest BCUT2D eigenvalue weighted by atomic mass is 10.2. The van der Waals surface area contributed by atoms with E-state index in [1.54, 1.807) is 0 Å². The fraction of sp³-hybridized carbons (Fsp3) is 1.00. The zero-order valence-electron chi connectivity index (χ0n) is 7.22. The van der Waals surface area contributed by atoms with E-state index in [0.29, 0.717) is 0 Å². The Bertz CT molecular complexity index is 93.3. The normalized spacial score (nSPS) is 27.0. The van der Waals surface area contributed by atoms with Crippen molar-refractivity contribution >= 4 is 13.5 Å². The smallest absolute Gasteiger partial charge is 0.00387 e. The lowest BCUT2D eigenvalue weighted by Crippen LogP contribution is -2.27. The van der Waals surface area contributed by atoms with E-state index in [-0.39, 0.29) is 13.5 Å². The second-order valence-corrected chi connectivity index (χ2v) is 3.48. The summed E-state index contributed by atoms with van der Waals surface area (Å²) in [6, 6.07) is 0.759. The Labute approximate surface area is 71.2 Å². The van der Waals surface area contributed by atoms with Crippen LogP contribution in [0, 0.1) is 5.92 Å². The lowest BCUT2D eigenvalue weighted by Gasteiger charge is -2.19. The SMILES string of the molecule is CC(C)N1CC[C@H](C)C1.S. The van der Waals surface area contributed by atoms with E-state index >= 15 is 0 Å². The second-order valence-electron chi connectivity index (χ2n) is 3.48. The first-order valence-corrected chi connectivity index (χ1v) is 3.94. The standard InChI is InChI=1S/C8H17N.H2S/c1-7(2)9-5-4-8(3)6-9;/h7-8H,4-6H2,1-3H3;1H2/t8-;/m0./s1. The highest BCUT2D eigenvalue weighted by Crippen LogP contribution is 2.16. The molecule has 1 atom stereocenters. The molecule has 0 aromatic rings. The minimum Gasteiger partial charge on any atom is -0.301 e. The van der Waals surface area contributed by atoms with Gasteiger partial charge in [0.25, 0.3) is 0 Å². The third-order valence-electron chi connectivity index (χ3n) is 2.19. The van der Waals surface area contributed by atoms with Gasteiger partial charge in [0.1, 0.15) is 0 Å². The molecule has 0 unspecified atom stereocenters. The lowest BCUT2D eigenvalue weighted by molar-refractivity contribution is 0.267. The molecule has 0 spiro atoms. The fourth-order valence-electron chi connectivity index (χ4n) is 1.44. The first-order chi connectivity index (χ1) is 4.20. The zero-order valence-corrected chi connectivity index (χ0v) is 8.22. The minimum absolute atomic E-state index is 0. The van der Waals surface area contributed by atoms with Crippen molar-refractivity contribution in [2.75, 3.05) is 13.1 Å². The van der Waals surface area contributed by atoms with Crippen LogP contribution in [0.5, 0.6) is 0 Å². The van der Waals surface area contributed by atoms with Crippen molar-refractivity contribution in [2.24, 2.45) is 5.92 Å². The highest BCUT2D eigenvalue weighted by atomic mass is 32.1. The highest BCUT2D eigenvalue weighted by molar-refractivity contribution is 7.59. The van der Waals surface area contributed by atoms with Crippen LogP contribution < -0.4 is 0 Å². The van der Waals surface area contributed by atoms with E-state index in [4.69, 9.17) is 0 Å². The van der Waals surface area contributed by atoms with E-state index in [2.05, 4.69) is 25.7 Å².